The van der Waals surface area contributed by atoms with Crippen LogP contribution in [0.3, 0.4) is 0 Å². The van der Waals surface area contributed by atoms with Gasteiger partial charge in [-0.3, -0.25) is 13.9 Å². The smallest absolute Gasteiger partial charge is 0.319 e. The van der Waals surface area contributed by atoms with E-state index in [1.165, 1.54) is 57.8 Å². The molecule has 0 aliphatic rings. The van der Waals surface area contributed by atoms with Crippen molar-refractivity contribution in [1.29, 1.82) is 0 Å². The van der Waals surface area contributed by atoms with Crippen LogP contribution in [0.15, 0.2) is 53.6 Å². The van der Waals surface area contributed by atoms with Gasteiger partial charge in [0.2, 0.25) is 0 Å². The summed E-state index contributed by atoms with van der Waals surface area (Å²) in [6, 6.07) is 14.7. The van der Waals surface area contributed by atoms with E-state index in [4.69, 9.17) is 29.6 Å². The third-order valence-corrected chi connectivity index (χ3v) is 8.49. The van der Waals surface area contributed by atoms with Gasteiger partial charge < -0.3 is 15.4 Å². The van der Waals surface area contributed by atoms with Gasteiger partial charge in [0.15, 0.2) is 11.1 Å². The summed E-state index contributed by atoms with van der Waals surface area (Å²) < 4.78 is 9.90. The molecule has 0 bridgehead atoms. The number of imidazole rings is 1. The Hall–Kier alpha value is -3.04. The van der Waals surface area contributed by atoms with Gasteiger partial charge in [-0.2, -0.15) is 0 Å². The molecule has 7 nitrogen and oxygen atoms in total. The molecular formula is C35H50N4O3S2. The van der Waals surface area contributed by atoms with Crippen molar-refractivity contribution in [2.75, 3.05) is 18.5 Å². The van der Waals surface area contributed by atoms with Gasteiger partial charge in [-0.05, 0) is 55.4 Å². The van der Waals surface area contributed by atoms with Crippen molar-refractivity contribution < 1.29 is 14.3 Å². The number of amides is 2. The lowest BCUT2D eigenvalue weighted by atomic mass is 10.1. The first-order valence-corrected chi connectivity index (χ1v) is 17.3. The number of unbranched alkanes of at least 4 members (excludes halogenated alkanes) is 12. The number of thiol groups is 1. The van der Waals surface area contributed by atoms with Crippen molar-refractivity contribution in [1.82, 2.24) is 14.5 Å². The van der Waals surface area contributed by atoms with Gasteiger partial charge in [0.1, 0.15) is 16.5 Å². The minimum atomic E-state index is -0.264. The van der Waals surface area contributed by atoms with Crippen molar-refractivity contribution >= 4 is 42.9 Å². The quantitative estimate of drug-likeness (QED) is 0.0470. The number of aromatic nitrogens is 2. The molecule has 0 aliphatic heterocycles. The highest BCUT2D eigenvalue weighted by molar-refractivity contribution is 7.80. The zero-order valence-electron chi connectivity index (χ0n) is 26.5. The van der Waals surface area contributed by atoms with Crippen molar-refractivity contribution in [2.24, 2.45) is 0 Å². The Morgan fingerprint density at radius 1 is 0.818 bits per heavy atom. The summed E-state index contributed by atoms with van der Waals surface area (Å²) in [6.07, 6.45) is 17.9. The number of urea groups is 1. The summed E-state index contributed by atoms with van der Waals surface area (Å²) in [7, 11) is 0. The first kappa shape index (κ1) is 35.4. The molecule has 2 aromatic carbocycles. The molecule has 0 saturated heterocycles. The molecule has 240 valence electrons. The molecule has 2 amide bonds. The molecule has 1 aromatic heterocycles. The van der Waals surface area contributed by atoms with E-state index < -0.39 is 0 Å². The number of carbonyl (C=O) groups is 2. The van der Waals surface area contributed by atoms with Crippen molar-refractivity contribution in [3.8, 4) is 17.1 Å². The average Bonchev–Trinajstić information content (AvgIpc) is 3.28. The average molecular weight is 639 g/mol. The third kappa shape index (κ3) is 11.1. The molecule has 0 aliphatic carbocycles. The summed E-state index contributed by atoms with van der Waals surface area (Å²) in [5.74, 6) is 0.750. The Labute approximate surface area is 274 Å². The highest BCUT2D eigenvalue weighted by Crippen LogP contribution is 2.28. The first-order chi connectivity index (χ1) is 21.5. The standard InChI is InChI=1S/C35H50N4O3S2/c1-3-5-7-9-10-11-12-13-14-16-24-42-31-22-18-21-30(26-31)39-33(43)32(27-40)38(35(39)44)29-20-17-19-28(25-29)37-34(41)36-23-15-8-6-4-2/h17-22,25-27,43H,3-16,23-24H2,1-2H3,(H2,36,37,41). The Kier molecular flexibility index (Phi) is 16.2. The van der Waals surface area contributed by atoms with E-state index in [0.717, 1.165) is 49.8 Å². The Balaban J connectivity index is 1.62. The molecule has 0 radical (unpaired) electrons. The molecule has 9 heteroatoms. The van der Waals surface area contributed by atoms with Gasteiger partial charge in [-0.25, -0.2) is 4.79 Å². The SMILES string of the molecule is CCCCCCCCCCCCOc1cccc(-n2c(S)c(C=O)n(-c3cccc(NC(=O)NCCCCCC)c3)c2=S)c1. The predicted octanol–water partition coefficient (Wildman–Crippen LogP) is 10.1. The van der Waals surface area contributed by atoms with Gasteiger partial charge in [0.05, 0.1) is 18.0 Å². The largest absolute Gasteiger partial charge is 0.494 e. The highest BCUT2D eigenvalue weighted by Gasteiger charge is 2.18. The van der Waals surface area contributed by atoms with Gasteiger partial charge in [-0.1, -0.05) is 103 Å². The molecule has 0 saturated carbocycles. The number of nitrogens with one attached hydrogen (secondary N) is 2. The molecule has 3 rings (SSSR count). The number of benzene rings is 2. The summed E-state index contributed by atoms with van der Waals surface area (Å²) in [5, 5.41) is 6.21. The van der Waals surface area contributed by atoms with E-state index in [9.17, 15) is 9.59 Å². The maximum absolute atomic E-state index is 12.4. The highest BCUT2D eigenvalue weighted by atomic mass is 32.1. The summed E-state index contributed by atoms with van der Waals surface area (Å²) >= 11 is 10.6. The minimum Gasteiger partial charge on any atom is -0.494 e. The van der Waals surface area contributed by atoms with Crippen LogP contribution in [0.4, 0.5) is 10.5 Å². The fraction of sp³-hybridized carbons (Fsp3) is 0.514. The van der Waals surface area contributed by atoms with Crippen LogP contribution in [0.25, 0.3) is 11.4 Å². The maximum atomic E-state index is 12.4. The Bertz CT molecular complexity index is 1370. The van der Waals surface area contributed by atoms with Crippen LogP contribution in [0.5, 0.6) is 5.75 Å². The Morgan fingerprint density at radius 2 is 1.41 bits per heavy atom. The van der Waals surface area contributed by atoms with Crippen LogP contribution in [0.1, 0.15) is 114 Å². The molecule has 2 N–H and O–H groups in total. The van der Waals surface area contributed by atoms with Crippen LogP contribution < -0.4 is 15.4 Å². The maximum Gasteiger partial charge on any atom is 0.319 e. The summed E-state index contributed by atoms with van der Waals surface area (Å²) in [5.41, 5.74) is 2.34. The molecule has 1 heterocycles. The van der Waals surface area contributed by atoms with E-state index in [0.29, 0.717) is 40.0 Å². The topological polar surface area (TPSA) is 77.3 Å². The van der Waals surface area contributed by atoms with Gasteiger partial charge >= 0.3 is 6.03 Å². The van der Waals surface area contributed by atoms with E-state index in [1.807, 2.05) is 36.4 Å². The minimum absolute atomic E-state index is 0.264. The first-order valence-electron chi connectivity index (χ1n) is 16.4. The second-order valence-electron chi connectivity index (χ2n) is 11.3. The number of anilines is 1. The lowest BCUT2D eigenvalue weighted by molar-refractivity contribution is 0.111. The number of nitrogens with zero attached hydrogens (tertiary/aromatic N) is 2. The molecule has 0 spiro atoms. The predicted molar refractivity (Wildman–Crippen MR) is 187 cm³/mol. The second kappa shape index (κ2) is 20.1. The Morgan fingerprint density at radius 3 is 2.07 bits per heavy atom. The van der Waals surface area contributed by atoms with Crippen molar-refractivity contribution in [3.63, 3.8) is 0 Å². The molecule has 0 atom stereocenters. The van der Waals surface area contributed by atoms with Crippen LogP contribution >= 0.6 is 24.8 Å². The molecule has 44 heavy (non-hydrogen) atoms. The molecule has 3 aromatic rings. The van der Waals surface area contributed by atoms with Gasteiger partial charge in [0.25, 0.3) is 0 Å². The van der Waals surface area contributed by atoms with E-state index in [2.05, 4.69) is 24.5 Å². The molecular weight excluding hydrogens is 589 g/mol. The lowest BCUT2D eigenvalue weighted by Gasteiger charge is -2.11. The monoisotopic (exact) mass is 638 g/mol. The zero-order chi connectivity index (χ0) is 31.6. The number of hydrogen-bond donors (Lipinski definition) is 3. The fourth-order valence-electron chi connectivity index (χ4n) is 5.24. The second-order valence-corrected chi connectivity index (χ2v) is 12.1. The van der Waals surface area contributed by atoms with Crippen LogP contribution in [-0.4, -0.2) is 34.6 Å². The van der Waals surface area contributed by atoms with Crippen molar-refractivity contribution in [3.05, 3.63) is 59.0 Å². The van der Waals surface area contributed by atoms with Crippen LogP contribution in [0, 0.1) is 4.77 Å². The number of aldehydes is 1. The summed E-state index contributed by atoms with van der Waals surface area (Å²) in [4.78, 5) is 24.7. The number of hydrogen-bond acceptors (Lipinski definition) is 5. The zero-order valence-corrected chi connectivity index (χ0v) is 28.2. The number of ether oxygens (including phenoxy) is 1. The van der Waals surface area contributed by atoms with Crippen LogP contribution in [0.2, 0.25) is 0 Å². The lowest BCUT2D eigenvalue weighted by Crippen LogP contribution is -2.29. The fourth-order valence-corrected chi connectivity index (χ4v) is 6.07. The normalized spacial score (nSPS) is 11.0. The molecule has 0 fully saturated rings. The number of carbonyl (C=O) groups excluding carboxylic acids is 2. The van der Waals surface area contributed by atoms with Crippen LogP contribution in [-0.2, 0) is 0 Å². The van der Waals surface area contributed by atoms with Gasteiger partial charge in [-0.15, -0.1) is 12.6 Å². The van der Waals surface area contributed by atoms with E-state index in [1.54, 1.807) is 21.3 Å². The van der Waals surface area contributed by atoms with E-state index in [-0.39, 0.29) is 6.03 Å². The van der Waals surface area contributed by atoms with Crippen molar-refractivity contribution in [2.45, 2.75) is 109 Å². The summed E-state index contributed by atoms with van der Waals surface area (Å²) in [6.45, 7) is 5.70. The van der Waals surface area contributed by atoms with E-state index >= 15 is 0 Å². The van der Waals surface area contributed by atoms with Gasteiger partial charge in [0, 0.05) is 18.3 Å². The number of rotatable bonds is 21. The molecule has 0 unspecified atom stereocenters. The third-order valence-electron chi connectivity index (χ3n) is 7.70.